The van der Waals surface area contributed by atoms with Crippen LogP contribution in [0.1, 0.15) is 31.9 Å². The number of benzene rings is 1. The molecule has 2 saturated heterocycles. The van der Waals surface area contributed by atoms with E-state index in [-0.39, 0.29) is 0 Å². The topological polar surface area (TPSA) is 78.7 Å². The molecule has 5 rings (SSSR count). The number of nitrogens with one attached hydrogen (secondary N) is 2. The van der Waals surface area contributed by atoms with E-state index in [0.29, 0.717) is 41.9 Å². The van der Waals surface area contributed by atoms with Gasteiger partial charge in [0, 0.05) is 42.3 Å². The minimum atomic E-state index is 0.441. The van der Waals surface area contributed by atoms with Crippen molar-refractivity contribution in [1.82, 2.24) is 15.3 Å². The van der Waals surface area contributed by atoms with Crippen LogP contribution in [0.2, 0.25) is 5.02 Å². The van der Waals surface area contributed by atoms with Gasteiger partial charge in [-0.1, -0.05) is 11.6 Å². The lowest BCUT2D eigenvalue weighted by Crippen LogP contribution is -2.40. The average Bonchev–Trinajstić information content (AvgIpc) is 3.38. The number of furan rings is 1. The Bertz CT molecular complexity index is 1180. The van der Waals surface area contributed by atoms with Crippen molar-refractivity contribution in [2.45, 2.75) is 38.8 Å². The van der Waals surface area contributed by atoms with Crippen LogP contribution < -0.4 is 20.4 Å². The lowest BCUT2D eigenvalue weighted by molar-refractivity contribution is 0.122. The second kappa shape index (κ2) is 11.5. The van der Waals surface area contributed by atoms with Crippen molar-refractivity contribution < 1.29 is 9.15 Å². The molecule has 4 heterocycles. The zero-order valence-corrected chi connectivity index (χ0v) is 21.9. The molecule has 2 aromatic heterocycles. The molecule has 36 heavy (non-hydrogen) atoms. The van der Waals surface area contributed by atoms with Gasteiger partial charge in [-0.3, -0.25) is 0 Å². The predicted molar refractivity (Wildman–Crippen MR) is 148 cm³/mol. The van der Waals surface area contributed by atoms with Gasteiger partial charge in [0.1, 0.15) is 23.2 Å². The third-order valence-electron chi connectivity index (χ3n) is 6.57. The Morgan fingerprint density at radius 1 is 1.06 bits per heavy atom. The smallest absolute Gasteiger partial charge is 0.232 e. The Balaban J connectivity index is 1.27. The van der Waals surface area contributed by atoms with E-state index in [1.807, 2.05) is 36.4 Å². The van der Waals surface area contributed by atoms with Crippen molar-refractivity contribution in [2.24, 2.45) is 0 Å². The second-order valence-electron chi connectivity index (χ2n) is 9.13. The molecule has 2 N–H and O–H groups in total. The molecule has 0 radical (unpaired) electrons. The largest absolute Gasteiger partial charge is 0.459 e. The number of morpholine rings is 1. The van der Waals surface area contributed by atoms with E-state index in [0.717, 1.165) is 48.4 Å². The summed E-state index contributed by atoms with van der Waals surface area (Å²) < 4.78 is 11.5. The molecule has 1 atom stereocenters. The molecule has 0 spiro atoms. The number of piperidine rings is 1. The molecule has 0 unspecified atom stereocenters. The molecule has 0 saturated carbocycles. The van der Waals surface area contributed by atoms with Crippen molar-refractivity contribution in [2.75, 3.05) is 48.0 Å². The summed E-state index contributed by atoms with van der Waals surface area (Å²) in [4.78, 5) is 14.2. The number of rotatable bonds is 6. The van der Waals surface area contributed by atoms with Gasteiger partial charge in [-0.05, 0) is 74.8 Å². The third-order valence-corrected chi connectivity index (χ3v) is 7.07. The molecule has 0 bridgehead atoms. The lowest BCUT2D eigenvalue weighted by atomic mass is 10.0. The quantitative estimate of drug-likeness (QED) is 0.427. The molecule has 1 aromatic carbocycles. The van der Waals surface area contributed by atoms with Crippen LogP contribution in [0.25, 0.3) is 11.3 Å². The zero-order chi connectivity index (χ0) is 24.9. The highest BCUT2D eigenvalue weighted by molar-refractivity contribution is 7.80. The van der Waals surface area contributed by atoms with Crippen molar-refractivity contribution in [3.05, 3.63) is 53.2 Å². The maximum atomic E-state index is 5.99. The summed E-state index contributed by atoms with van der Waals surface area (Å²) in [5.74, 6) is 3.87. The summed E-state index contributed by atoms with van der Waals surface area (Å²) >= 11 is 11.6. The number of anilines is 3. The number of nitrogens with zero attached hydrogens (tertiary/aromatic N) is 4. The number of aromatic nitrogens is 2. The van der Waals surface area contributed by atoms with Crippen LogP contribution in [-0.4, -0.2) is 54.0 Å². The third kappa shape index (κ3) is 6.08. The number of hydrogen-bond donors (Lipinski definition) is 2. The SMILES string of the molecule is C[C@H]1CCCCN1c1cc(N2CCOCC2)nc(NC(=S)NCc2ccc(-c3ccc(Cl)cc3)o2)n1. The van der Waals surface area contributed by atoms with Gasteiger partial charge < -0.3 is 29.6 Å². The van der Waals surface area contributed by atoms with E-state index >= 15 is 0 Å². The van der Waals surface area contributed by atoms with Gasteiger partial charge >= 0.3 is 0 Å². The monoisotopic (exact) mass is 526 g/mol. The van der Waals surface area contributed by atoms with Gasteiger partial charge in [0.15, 0.2) is 5.11 Å². The second-order valence-corrected chi connectivity index (χ2v) is 9.97. The fourth-order valence-corrected chi connectivity index (χ4v) is 4.86. The average molecular weight is 527 g/mol. The van der Waals surface area contributed by atoms with Gasteiger partial charge in [-0.15, -0.1) is 0 Å². The van der Waals surface area contributed by atoms with Gasteiger partial charge in [-0.25, -0.2) is 0 Å². The van der Waals surface area contributed by atoms with E-state index in [1.165, 1.54) is 19.3 Å². The van der Waals surface area contributed by atoms with E-state index in [2.05, 4.69) is 33.4 Å². The van der Waals surface area contributed by atoms with Crippen LogP contribution in [0, 0.1) is 0 Å². The Labute approximate surface area is 222 Å². The molecular weight excluding hydrogens is 496 g/mol. The fourth-order valence-electron chi connectivity index (χ4n) is 4.57. The van der Waals surface area contributed by atoms with Crippen molar-refractivity contribution in [3.63, 3.8) is 0 Å². The van der Waals surface area contributed by atoms with Gasteiger partial charge in [0.25, 0.3) is 0 Å². The number of halogens is 1. The predicted octanol–water partition coefficient (Wildman–Crippen LogP) is 5.09. The van der Waals surface area contributed by atoms with Crippen LogP contribution in [0.5, 0.6) is 0 Å². The Kier molecular flexibility index (Phi) is 7.89. The first-order chi connectivity index (χ1) is 17.5. The molecule has 0 amide bonds. The molecule has 190 valence electrons. The van der Waals surface area contributed by atoms with Crippen LogP contribution >= 0.6 is 23.8 Å². The number of ether oxygens (including phenoxy) is 1. The molecule has 2 aliphatic rings. The maximum Gasteiger partial charge on any atom is 0.232 e. The van der Waals surface area contributed by atoms with Crippen molar-refractivity contribution in [1.29, 1.82) is 0 Å². The minimum Gasteiger partial charge on any atom is -0.459 e. The molecule has 8 nitrogen and oxygen atoms in total. The van der Waals surface area contributed by atoms with Gasteiger partial charge in [-0.2, -0.15) is 9.97 Å². The normalized spacial score (nSPS) is 18.2. The summed E-state index contributed by atoms with van der Waals surface area (Å²) in [6.45, 7) is 6.71. The van der Waals surface area contributed by atoms with E-state index in [4.69, 9.17) is 42.9 Å². The highest BCUT2D eigenvalue weighted by Gasteiger charge is 2.23. The molecule has 2 fully saturated rings. The summed E-state index contributed by atoms with van der Waals surface area (Å²) in [6.07, 6.45) is 3.59. The van der Waals surface area contributed by atoms with Crippen LogP contribution in [0.3, 0.4) is 0 Å². The van der Waals surface area contributed by atoms with Crippen molar-refractivity contribution >= 4 is 46.5 Å². The first-order valence-electron chi connectivity index (χ1n) is 12.4. The maximum absolute atomic E-state index is 5.99. The Hall–Kier alpha value is -2.88. The molecule has 3 aromatic rings. The van der Waals surface area contributed by atoms with E-state index < -0.39 is 0 Å². The van der Waals surface area contributed by atoms with Crippen LogP contribution in [0.4, 0.5) is 17.6 Å². The van der Waals surface area contributed by atoms with Crippen LogP contribution in [0.15, 0.2) is 46.9 Å². The zero-order valence-electron chi connectivity index (χ0n) is 20.4. The summed E-state index contributed by atoms with van der Waals surface area (Å²) in [5.41, 5.74) is 0.971. The van der Waals surface area contributed by atoms with Gasteiger partial charge in [0.2, 0.25) is 5.95 Å². The molecule has 0 aliphatic carbocycles. The first kappa shape index (κ1) is 24.8. The highest BCUT2D eigenvalue weighted by Crippen LogP contribution is 2.28. The van der Waals surface area contributed by atoms with E-state index in [1.54, 1.807) is 0 Å². The van der Waals surface area contributed by atoms with Gasteiger partial charge in [0.05, 0.1) is 19.8 Å². The summed E-state index contributed by atoms with van der Waals surface area (Å²) in [7, 11) is 0. The highest BCUT2D eigenvalue weighted by atomic mass is 35.5. The first-order valence-corrected chi connectivity index (χ1v) is 13.2. The number of thiocarbonyl (C=S) groups is 1. The van der Waals surface area contributed by atoms with E-state index in [9.17, 15) is 0 Å². The van der Waals surface area contributed by atoms with Crippen LogP contribution in [-0.2, 0) is 11.3 Å². The van der Waals surface area contributed by atoms with Crippen molar-refractivity contribution in [3.8, 4) is 11.3 Å². The Morgan fingerprint density at radius 2 is 1.83 bits per heavy atom. The molecular formula is C26H31ClN6O2S. The lowest BCUT2D eigenvalue weighted by Gasteiger charge is -2.35. The standard InChI is InChI=1S/C26H31ClN6O2S/c1-18-4-2-3-11-33(18)24-16-23(32-12-14-34-15-13-32)29-25(30-24)31-26(36)28-17-21-9-10-22(35-21)19-5-7-20(27)8-6-19/h5-10,16,18H,2-4,11-15,17H2,1H3,(H2,28,29,30,31,36)/t18-/m0/s1. The Morgan fingerprint density at radius 3 is 2.61 bits per heavy atom. The number of hydrogen-bond acceptors (Lipinski definition) is 7. The fraction of sp³-hybridized carbons (Fsp3) is 0.423. The molecule has 10 heteroatoms. The summed E-state index contributed by atoms with van der Waals surface area (Å²) in [6, 6.07) is 14.0. The molecule has 2 aliphatic heterocycles. The minimum absolute atomic E-state index is 0.441. The summed E-state index contributed by atoms with van der Waals surface area (Å²) in [5, 5.41) is 7.53.